The number of halogens is 3. The Labute approximate surface area is 133 Å². The van der Waals surface area contributed by atoms with Gasteiger partial charge in [-0.05, 0) is 30.3 Å². The minimum absolute atomic E-state index is 0.130. The zero-order valence-electron chi connectivity index (χ0n) is 9.98. The van der Waals surface area contributed by atoms with E-state index in [1.165, 1.54) is 12.1 Å². The number of nitro groups is 1. The lowest BCUT2D eigenvalue weighted by Crippen LogP contribution is -1.95. The minimum atomic E-state index is -0.504. The highest BCUT2D eigenvalue weighted by atomic mass is 79.9. The van der Waals surface area contributed by atoms with E-state index in [0.717, 1.165) is 0 Å². The van der Waals surface area contributed by atoms with Crippen LogP contribution in [0.3, 0.4) is 0 Å². The van der Waals surface area contributed by atoms with Gasteiger partial charge in [-0.2, -0.15) is 0 Å². The molecule has 0 saturated carbocycles. The number of nitrogens with zero attached hydrogens (tertiary/aromatic N) is 1. The van der Waals surface area contributed by atoms with Crippen LogP contribution < -0.4 is 4.74 Å². The van der Waals surface area contributed by atoms with Crippen molar-refractivity contribution in [3.8, 4) is 11.5 Å². The molecule has 104 valence electrons. The first kappa shape index (κ1) is 15.1. The van der Waals surface area contributed by atoms with Crippen molar-refractivity contribution in [3.63, 3.8) is 0 Å². The highest BCUT2D eigenvalue weighted by Crippen LogP contribution is 2.36. The molecule has 0 aliphatic carbocycles. The fourth-order valence-corrected chi connectivity index (χ4v) is 2.34. The number of rotatable bonds is 4. The number of alkyl halides is 1. The molecule has 4 nitrogen and oxygen atoms in total. The molecule has 0 aliphatic heterocycles. The molecule has 0 aromatic heterocycles. The summed E-state index contributed by atoms with van der Waals surface area (Å²) < 4.78 is 6.20. The highest BCUT2D eigenvalue weighted by Gasteiger charge is 2.17. The van der Waals surface area contributed by atoms with Crippen LogP contribution in [0.5, 0.6) is 11.5 Å². The summed E-state index contributed by atoms with van der Waals surface area (Å²) in [6, 6.07) is 9.50. The molecule has 0 spiro atoms. The first-order valence-electron chi connectivity index (χ1n) is 5.47. The molecule has 0 N–H and O–H groups in total. The lowest BCUT2D eigenvalue weighted by Gasteiger charge is -2.10. The van der Waals surface area contributed by atoms with E-state index in [9.17, 15) is 10.1 Å². The third-order valence-corrected chi connectivity index (χ3v) is 3.52. The Morgan fingerprint density at radius 2 is 1.90 bits per heavy atom. The molecule has 0 unspecified atom stereocenters. The standard InChI is InChI=1S/C13H8BrCl2NO3/c14-9-1-3-13(11(6-9)17(18)19)20-12-4-2-10(16)5-8(12)7-15/h1-6H,7H2. The van der Waals surface area contributed by atoms with Gasteiger partial charge in [0.2, 0.25) is 5.75 Å². The Kier molecular flexibility index (Phi) is 4.86. The van der Waals surface area contributed by atoms with Crippen molar-refractivity contribution in [2.24, 2.45) is 0 Å². The Bertz CT molecular complexity index is 664. The van der Waals surface area contributed by atoms with Crippen LogP contribution in [0.25, 0.3) is 0 Å². The zero-order valence-corrected chi connectivity index (χ0v) is 13.1. The van der Waals surface area contributed by atoms with Crippen LogP contribution in [0.15, 0.2) is 40.9 Å². The van der Waals surface area contributed by atoms with Crippen molar-refractivity contribution in [2.75, 3.05) is 0 Å². The molecule has 0 saturated heterocycles. The number of ether oxygens (including phenoxy) is 1. The average molecular weight is 377 g/mol. The Morgan fingerprint density at radius 3 is 2.55 bits per heavy atom. The van der Waals surface area contributed by atoms with Crippen LogP contribution in [-0.2, 0) is 5.88 Å². The van der Waals surface area contributed by atoms with Gasteiger partial charge in [-0.3, -0.25) is 10.1 Å². The summed E-state index contributed by atoms with van der Waals surface area (Å²) in [6.07, 6.45) is 0. The van der Waals surface area contributed by atoms with Crippen molar-refractivity contribution in [1.82, 2.24) is 0 Å². The van der Waals surface area contributed by atoms with Gasteiger partial charge in [0, 0.05) is 21.1 Å². The normalized spacial score (nSPS) is 10.3. The summed E-state index contributed by atoms with van der Waals surface area (Å²) in [6.45, 7) is 0. The van der Waals surface area contributed by atoms with Gasteiger partial charge >= 0.3 is 5.69 Å². The van der Waals surface area contributed by atoms with E-state index in [-0.39, 0.29) is 17.3 Å². The molecular weight excluding hydrogens is 369 g/mol. The zero-order chi connectivity index (χ0) is 14.7. The van der Waals surface area contributed by atoms with E-state index in [4.69, 9.17) is 27.9 Å². The van der Waals surface area contributed by atoms with Gasteiger partial charge in [0.15, 0.2) is 0 Å². The van der Waals surface area contributed by atoms with Crippen LogP contribution in [0, 0.1) is 10.1 Å². The third-order valence-electron chi connectivity index (χ3n) is 2.50. The molecule has 2 aromatic rings. The second-order valence-corrected chi connectivity index (χ2v) is 5.48. The summed E-state index contributed by atoms with van der Waals surface area (Å²) >= 11 is 14.9. The molecule has 0 amide bonds. The predicted octanol–water partition coefficient (Wildman–Crippen LogP) is 5.54. The van der Waals surface area contributed by atoms with Gasteiger partial charge in [0.25, 0.3) is 0 Å². The van der Waals surface area contributed by atoms with E-state index in [1.54, 1.807) is 24.3 Å². The van der Waals surface area contributed by atoms with Crippen molar-refractivity contribution < 1.29 is 9.66 Å². The van der Waals surface area contributed by atoms with E-state index in [2.05, 4.69) is 15.9 Å². The van der Waals surface area contributed by atoms with Crippen molar-refractivity contribution in [1.29, 1.82) is 0 Å². The predicted molar refractivity (Wildman–Crippen MR) is 81.9 cm³/mol. The lowest BCUT2D eigenvalue weighted by molar-refractivity contribution is -0.385. The molecule has 20 heavy (non-hydrogen) atoms. The largest absolute Gasteiger partial charge is 0.450 e. The van der Waals surface area contributed by atoms with Crippen LogP contribution in [-0.4, -0.2) is 4.92 Å². The highest BCUT2D eigenvalue weighted by molar-refractivity contribution is 9.10. The first-order valence-corrected chi connectivity index (χ1v) is 7.18. The summed E-state index contributed by atoms with van der Waals surface area (Å²) in [5.74, 6) is 0.780. The molecule has 0 radical (unpaired) electrons. The summed E-state index contributed by atoms with van der Waals surface area (Å²) in [7, 11) is 0. The topological polar surface area (TPSA) is 52.4 Å². The molecule has 0 aliphatic rings. The molecule has 0 heterocycles. The summed E-state index contributed by atoms with van der Waals surface area (Å²) in [4.78, 5) is 10.5. The molecule has 0 fully saturated rings. The van der Waals surface area contributed by atoms with Gasteiger partial charge < -0.3 is 4.74 Å². The monoisotopic (exact) mass is 375 g/mol. The van der Waals surface area contributed by atoms with Crippen LogP contribution >= 0.6 is 39.1 Å². The maximum Gasteiger partial charge on any atom is 0.312 e. The Balaban J connectivity index is 2.42. The second kappa shape index (κ2) is 6.43. The van der Waals surface area contributed by atoms with Crippen LogP contribution in [0.4, 0.5) is 5.69 Å². The lowest BCUT2D eigenvalue weighted by atomic mass is 10.2. The van der Waals surface area contributed by atoms with Gasteiger partial charge in [-0.1, -0.05) is 27.5 Å². The minimum Gasteiger partial charge on any atom is -0.450 e. The van der Waals surface area contributed by atoms with Gasteiger partial charge in [0.05, 0.1) is 10.8 Å². The van der Waals surface area contributed by atoms with Crippen molar-refractivity contribution in [2.45, 2.75) is 5.88 Å². The first-order chi connectivity index (χ1) is 9.51. The Morgan fingerprint density at radius 1 is 1.20 bits per heavy atom. The fourth-order valence-electron chi connectivity index (χ4n) is 1.59. The maximum absolute atomic E-state index is 11.0. The molecule has 0 atom stereocenters. The van der Waals surface area contributed by atoms with Crippen molar-refractivity contribution in [3.05, 3.63) is 61.6 Å². The fraction of sp³-hybridized carbons (Fsp3) is 0.0769. The quantitative estimate of drug-likeness (QED) is 0.399. The van der Waals surface area contributed by atoms with Crippen LogP contribution in [0.2, 0.25) is 5.02 Å². The SMILES string of the molecule is O=[N+]([O-])c1cc(Br)ccc1Oc1ccc(Cl)cc1CCl. The van der Waals surface area contributed by atoms with Gasteiger partial charge in [-0.25, -0.2) is 0 Å². The van der Waals surface area contributed by atoms with E-state index < -0.39 is 4.92 Å². The van der Waals surface area contributed by atoms with E-state index >= 15 is 0 Å². The molecule has 0 bridgehead atoms. The second-order valence-electron chi connectivity index (χ2n) is 3.86. The third kappa shape index (κ3) is 3.42. The summed E-state index contributed by atoms with van der Waals surface area (Å²) in [5.41, 5.74) is 0.534. The molecule has 2 rings (SSSR count). The molecular formula is C13H8BrCl2NO3. The van der Waals surface area contributed by atoms with E-state index in [1.807, 2.05) is 0 Å². The van der Waals surface area contributed by atoms with Crippen LogP contribution in [0.1, 0.15) is 5.56 Å². The number of benzene rings is 2. The molecule has 2 aromatic carbocycles. The van der Waals surface area contributed by atoms with Gasteiger partial charge in [-0.15, -0.1) is 11.6 Å². The number of hydrogen-bond donors (Lipinski definition) is 0. The molecule has 7 heteroatoms. The average Bonchev–Trinajstić information content (AvgIpc) is 2.42. The number of nitro benzene ring substituents is 1. The van der Waals surface area contributed by atoms with E-state index in [0.29, 0.717) is 20.8 Å². The van der Waals surface area contributed by atoms with Crippen molar-refractivity contribution >= 4 is 44.8 Å². The maximum atomic E-state index is 11.0. The smallest absolute Gasteiger partial charge is 0.312 e. The Hall–Kier alpha value is -1.30. The summed E-state index contributed by atoms with van der Waals surface area (Å²) in [5, 5.41) is 11.6. The number of hydrogen-bond acceptors (Lipinski definition) is 3. The van der Waals surface area contributed by atoms with Gasteiger partial charge in [0.1, 0.15) is 5.75 Å².